The second-order valence-electron chi connectivity index (χ2n) is 6.34. The molecule has 0 bridgehead atoms. The number of amides is 1. The van der Waals surface area contributed by atoms with Crippen molar-refractivity contribution in [1.82, 2.24) is 19.9 Å². The van der Waals surface area contributed by atoms with Crippen molar-refractivity contribution in [2.45, 2.75) is 12.8 Å². The van der Waals surface area contributed by atoms with Gasteiger partial charge in [-0.25, -0.2) is 24.1 Å². The predicted molar refractivity (Wildman–Crippen MR) is 95.1 cm³/mol. The topological polar surface area (TPSA) is 94.5 Å². The van der Waals surface area contributed by atoms with E-state index >= 15 is 0 Å². The Bertz CT molecular complexity index is 749. The van der Waals surface area contributed by atoms with Gasteiger partial charge in [0.05, 0.1) is 6.20 Å². The summed E-state index contributed by atoms with van der Waals surface area (Å²) in [7, 11) is 1.95. The second kappa shape index (κ2) is 7.94. The average molecular weight is 360 g/mol. The lowest BCUT2D eigenvalue weighted by Gasteiger charge is -2.32. The van der Waals surface area contributed by atoms with E-state index in [0.717, 1.165) is 31.4 Å². The molecule has 2 N–H and O–H groups in total. The molecule has 1 saturated heterocycles. The third-order valence-electron chi connectivity index (χ3n) is 4.44. The standard InChI is InChI=1S/C17H21FN6O2/c1-23(10-12-4-6-24(7-5-12)17(25)26)16-8-15(20-11-21-16)22-14-3-2-13(18)9-19-14/h2-3,8-9,11-12H,4-7,10H2,1H3,(H,25,26)(H,19,20,21,22). The van der Waals surface area contributed by atoms with Crippen molar-refractivity contribution in [2.24, 2.45) is 5.92 Å². The molecular formula is C17H21FN6O2. The van der Waals surface area contributed by atoms with E-state index < -0.39 is 11.9 Å². The molecule has 1 aliphatic heterocycles. The number of carbonyl (C=O) groups is 1. The van der Waals surface area contributed by atoms with Crippen LogP contribution in [0.2, 0.25) is 0 Å². The minimum absolute atomic E-state index is 0.396. The SMILES string of the molecule is CN(CC1CCN(C(=O)O)CC1)c1cc(Nc2ccc(F)cn2)ncn1. The van der Waals surface area contributed by atoms with Crippen LogP contribution in [0.5, 0.6) is 0 Å². The van der Waals surface area contributed by atoms with Crippen molar-refractivity contribution in [1.29, 1.82) is 0 Å². The van der Waals surface area contributed by atoms with E-state index in [1.807, 2.05) is 11.9 Å². The molecule has 9 heteroatoms. The van der Waals surface area contributed by atoms with Gasteiger partial charge >= 0.3 is 6.09 Å². The van der Waals surface area contributed by atoms with Crippen LogP contribution in [-0.4, -0.2) is 57.7 Å². The van der Waals surface area contributed by atoms with Gasteiger partial charge in [-0.2, -0.15) is 0 Å². The highest BCUT2D eigenvalue weighted by Gasteiger charge is 2.23. The van der Waals surface area contributed by atoms with E-state index in [-0.39, 0.29) is 0 Å². The summed E-state index contributed by atoms with van der Waals surface area (Å²) in [6, 6.07) is 4.67. The summed E-state index contributed by atoms with van der Waals surface area (Å²) in [6.07, 6.45) is 3.43. The monoisotopic (exact) mass is 360 g/mol. The summed E-state index contributed by atoms with van der Waals surface area (Å²) >= 11 is 0. The Kier molecular flexibility index (Phi) is 5.45. The van der Waals surface area contributed by atoms with Crippen LogP contribution < -0.4 is 10.2 Å². The van der Waals surface area contributed by atoms with Crippen LogP contribution in [0, 0.1) is 11.7 Å². The number of carboxylic acid groups (broad SMARTS) is 1. The molecule has 2 aromatic heterocycles. The van der Waals surface area contributed by atoms with Gasteiger partial charge in [0.25, 0.3) is 0 Å². The Morgan fingerprint density at radius 3 is 2.73 bits per heavy atom. The Morgan fingerprint density at radius 1 is 1.31 bits per heavy atom. The first-order chi connectivity index (χ1) is 12.5. The largest absolute Gasteiger partial charge is 0.465 e. The molecule has 1 fully saturated rings. The maximum atomic E-state index is 12.9. The lowest BCUT2D eigenvalue weighted by Crippen LogP contribution is -2.40. The maximum absolute atomic E-state index is 12.9. The number of halogens is 1. The predicted octanol–water partition coefficient (Wildman–Crippen LogP) is 2.58. The number of piperidine rings is 1. The lowest BCUT2D eigenvalue weighted by molar-refractivity contribution is 0.125. The molecule has 3 rings (SSSR count). The molecule has 1 aliphatic rings. The molecule has 1 amide bonds. The van der Waals surface area contributed by atoms with Gasteiger partial charge in [0.2, 0.25) is 0 Å². The zero-order valence-electron chi connectivity index (χ0n) is 14.5. The summed E-state index contributed by atoms with van der Waals surface area (Å²) in [5, 5.41) is 12.0. The van der Waals surface area contributed by atoms with Gasteiger partial charge in [-0.1, -0.05) is 0 Å². The fraction of sp³-hybridized carbons (Fsp3) is 0.412. The molecule has 0 spiro atoms. The third-order valence-corrected chi connectivity index (χ3v) is 4.44. The molecule has 138 valence electrons. The Hall–Kier alpha value is -2.97. The van der Waals surface area contributed by atoms with Gasteiger partial charge in [-0.15, -0.1) is 0 Å². The second-order valence-corrected chi connectivity index (χ2v) is 6.34. The number of likely N-dealkylation sites (tertiary alicyclic amines) is 1. The fourth-order valence-electron chi connectivity index (χ4n) is 2.99. The van der Waals surface area contributed by atoms with E-state index in [4.69, 9.17) is 5.11 Å². The van der Waals surface area contributed by atoms with Crippen LogP contribution in [-0.2, 0) is 0 Å². The van der Waals surface area contributed by atoms with E-state index in [1.165, 1.54) is 23.4 Å². The fourth-order valence-corrected chi connectivity index (χ4v) is 2.99. The number of hydrogen-bond acceptors (Lipinski definition) is 6. The summed E-state index contributed by atoms with van der Waals surface area (Å²) in [5.41, 5.74) is 0. The van der Waals surface area contributed by atoms with E-state index in [9.17, 15) is 9.18 Å². The Labute approximate surface area is 150 Å². The van der Waals surface area contributed by atoms with Crippen LogP contribution in [0.15, 0.2) is 30.7 Å². The Morgan fingerprint density at radius 2 is 2.08 bits per heavy atom. The summed E-state index contributed by atoms with van der Waals surface area (Å²) in [5.74, 6) is 1.85. The zero-order chi connectivity index (χ0) is 18.5. The minimum Gasteiger partial charge on any atom is -0.465 e. The van der Waals surface area contributed by atoms with Gasteiger partial charge < -0.3 is 20.2 Å². The summed E-state index contributed by atoms with van der Waals surface area (Å²) < 4.78 is 12.9. The van der Waals surface area contributed by atoms with E-state index in [0.29, 0.717) is 30.6 Å². The molecule has 0 aliphatic carbocycles. The highest BCUT2D eigenvalue weighted by Crippen LogP contribution is 2.22. The minimum atomic E-state index is -0.849. The van der Waals surface area contributed by atoms with Crippen LogP contribution in [0.1, 0.15) is 12.8 Å². The van der Waals surface area contributed by atoms with Crippen molar-refractivity contribution < 1.29 is 14.3 Å². The molecule has 0 aromatic carbocycles. The number of hydrogen-bond donors (Lipinski definition) is 2. The first kappa shape index (κ1) is 17.8. The molecule has 3 heterocycles. The number of pyridine rings is 1. The number of aromatic nitrogens is 3. The van der Waals surface area contributed by atoms with Crippen LogP contribution in [0.3, 0.4) is 0 Å². The third kappa shape index (κ3) is 4.56. The molecule has 0 radical (unpaired) electrons. The average Bonchev–Trinajstić information content (AvgIpc) is 2.64. The summed E-state index contributed by atoms with van der Waals surface area (Å²) in [6.45, 7) is 1.93. The molecular weight excluding hydrogens is 339 g/mol. The maximum Gasteiger partial charge on any atom is 0.407 e. The molecule has 0 atom stereocenters. The quantitative estimate of drug-likeness (QED) is 0.846. The van der Waals surface area contributed by atoms with Crippen molar-refractivity contribution >= 4 is 23.5 Å². The molecule has 2 aromatic rings. The first-order valence-electron chi connectivity index (χ1n) is 8.41. The molecule has 0 unspecified atom stereocenters. The molecule has 26 heavy (non-hydrogen) atoms. The van der Waals surface area contributed by atoms with Crippen LogP contribution in [0.25, 0.3) is 0 Å². The van der Waals surface area contributed by atoms with Crippen molar-refractivity contribution in [3.63, 3.8) is 0 Å². The lowest BCUT2D eigenvalue weighted by atomic mass is 9.96. The van der Waals surface area contributed by atoms with Crippen molar-refractivity contribution in [3.8, 4) is 0 Å². The molecule has 0 saturated carbocycles. The van der Waals surface area contributed by atoms with Crippen LogP contribution in [0.4, 0.5) is 26.6 Å². The number of rotatable bonds is 5. The van der Waals surface area contributed by atoms with Crippen LogP contribution >= 0.6 is 0 Å². The van der Waals surface area contributed by atoms with Gasteiger partial charge in [0, 0.05) is 32.7 Å². The zero-order valence-corrected chi connectivity index (χ0v) is 14.5. The van der Waals surface area contributed by atoms with Gasteiger partial charge in [-0.3, -0.25) is 0 Å². The number of nitrogens with zero attached hydrogens (tertiary/aromatic N) is 5. The van der Waals surface area contributed by atoms with E-state index in [1.54, 1.807) is 6.07 Å². The summed E-state index contributed by atoms with van der Waals surface area (Å²) in [4.78, 5) is 26.9. The highest BCUT2D eigenvalue weighted by molar-refractivity contribution is 5.65. The smallest absolute Gasteiger partial charge is 0.407 e. The van der Waals surface area contributed by atoms with E-state index in [2.05, 4.69) is 20.3 Å². The van der Waals surface area contributed by atoms with Gasteiger partial charge in [0.15, 0.2) is 0 Å². The normalized spacial score (nSPS) is 14.9. The van der Waals surface area contributed by atoms with Gasteiger partial charge in [-0.05, 0) is 30.9 Å². The number of nitrogens with one attached hydrogen (secondary N) is 1. The number of anilines is 3. The van der Waals surface area contributed by atoms with Crippen molar-refractivity contribution in [3.05, 3.63) is 36.5 Å². The molecule has 8 nitrogen and oxygen atoms in total. The Balaban J connectivity index is 1.59. The highest BCUT2D eigenvalue weighted by atomic mass is 19.1. The van der Waals surface area contributed by atoms with Crippen molar-refractivity contribution in [2.75, 3.05) is 36.9 Å². The van der Waals surface area contributed by atoms with Gasteiger partial charge in [0.1, 0.15) is 29.6 Å². The first-order valence-corrected chi connectivity index (χ1v) is 8.41.